The zero-order valence-electron chi connectivity index (χ0n) is 12.3. The van der Waals surface area contributed by atoms with Gasteiger partial charge in [-0.05, 0) is 41.5 Å². The first-order chi connectivity index (χ1) is 10.3. The van der Waals surface area contributed by atoms with E-state index in [0.717, 1.165) is 12.8 Å². The molecule has 0 N–H and O–H groups in total. The average Bonchev–Trinajstić information content (AvgIpc) is 2.55. The third-order valence-corrected chi connectivity index (χ3v) is 4.42. The van der Waals surface area contributed by atoms with E-state index in [2.05, 4.69) is 43.3 Å². The van der Waals surface area contributed by atoms with Gasteiger partial charge in [-0.15, -0.1) is 0 Å². The molecule has 0 aromatic heterocycles. The maximum absolute atomic E-state index is 12.5. The summed E-state index contributed by atoms with van der Waals surface area (Å²) in [6.07, 6.45) is 3.71. The summed E-state index contributed by atoms with van der Waals surface area (Å²) in [4.78, 5) is 12.5. The van der Waals surface area contributed by atoms with Gasteiger partial charge in [0.15, 0.2) is 5.78 Å². The van der Waals surface area contributed by atoms with Crippen LogP contribution in [0.25, 0.3) is 5.57 Å². The second-order valence-electron chi connectivity index (χ2n) is 5.67. The smallest absolute Gasteiger partial charge is 0.159 e. The largest absolute Gasteiger partial charge is 0.295 e. The van der Waals surface area contributed by atoms with Crippen molar-refractivity contribution < 1.29 is 4.79 Å². The topological polar surface area (TPSA) is 17.1 Å². The lowest BCUT2D eigenvalue weighted by Gasteiger charge is -2.30. The molecule has 3 rings (SSSR count). The van der Waals surface area contributed by atoms with Crippen LogP contribution < -0.4 is 0 Å². The highest BCUT2D eigenvalue weighted by Gasteiger charge is 2.31. The Morgan fingerprint density at radius 2 is 1.57 bits per heavy atom. The second-order valence-corrected chi connectivity index (χ2v) is 5.67. The molecule has 0 saturated heterocycles. The van der Waals surface area contributed by atoms with Crippen LogP contribution in [0.3, 0.4) is 0 Å². The Hall–Kier alpha value is -2.15. The standard InChI is InChI=1S/C20H20O/c1-2-18-19(16-11-7-4-8-12-16)13-17(14-20(18)21)15-9-5-3-6-10-15/h3-12,14,18-19H,2,13H2,1H3/t18-,19+/m1/s1. The minimum absolute atomic E-state index is 0.111. The first-order valence-corrected chi connectivity index (χ1v) is 7.64. The number of hydrogen-bond acceptors (Lipinski definition) is 1. The van der Waals surface area contributed by atoms with Crippen molar-refractivity contribution in [2.75, 3.05) is 0 Å². The maximum Gasteiger partial charge on any atom is 0.159 e. The van der Waals surface area contributed by atoms with E-state index < -0.39 is 0 Å². The normalized spacial score (nSPS) is 22.0. The number of benzene rings is 2. The Balaban J connectivity index is 1.98. The minimum atomic E-state index is 0.111. The molecule has 2 aromatic rings. The highest BCUT2D eigenvalue weighted by molar-refractivity contribution is 6.00. The summed E-state index contributed by atoms with van der Waals surface area (Å²) < 4.78 is 0. The van der Waals surface area contributed by atoms with Crippen molar-refractivity contribution in [2.45, 2.75) is 25.7 Å². The van der Waals surface area contributed by atoms with Gasteiger partial charge in [0.25, 0.3) is 0 Å². The average molecular weight is 276 g/mol. The van der Waals surface area contributed by atoms with Crippen LogP contribution in [0, 0.1) is 5.92 Å². The summed E-state index contributed by atoms with van der Waals surface area (Å²) in [7, 11) is 0. The van der Waals surface area contributed by atoms with Crippen LogP contribution >= 0.6 is 0 Å². The van der Waals surface area contributed by atoms with E-state index in [1.165, 1.54) is 16.7 Å². The van der Waals surface area contributed by atoms with E-state index in [1.807, 2.05) is 30.3 Å². The van der Waals surface area contributed by atoms with Gasteiger partial charge in [0, 0.05) is 5.92 Å². The molecule has 2 atom stereocenters. The Labute approximate surface area is 126 Å². The summed E-state index contributed by atoms with van der Waals surface area (Å²) in [5, 5.41) is 0. The molecule has 0 unspecified atom stereocenters. The van der Waals surface area contributed by atoms with Gasteiger partial charge in [-0.3, -0.25) is 4.79 Å². The summed E-state index contributed by atoms with van der Waals surface area (Å²) >= 11 is 0. The fraction of sp³-hybridized carbons (Fsp3) is 0.250. The molecule has 2 aromatic carbocycles. The Bertz CT molecular complexity index is 640. The lowest BCUT2D eigenvalue weighted by molar-refractivity contribution is -0.119. The molecule has 0 radical (unpaired) electrons. The predicted octanol–water partition coefficient (Wildman–Crippen LogP) is 4.85. The van der Waals surface area contributed by atoms with Gasteiger partial charge in [0.05, 0.1) is 0 Å². The molecular weight excluding hydrogens is 256 g/mol. The molecule has 1 aliphatic rings. The van der Waals surface area contributed by atoms with Crippen molar-refractivity contribution in [3.8, 4) is 0 Å². The van der Waals surface area contributed by atoms with Gasteiger partial charge in [-0.1, -0.05) is 67.6 Å². The van der Waals surface area contributed by atoms with E-state index >= 15 is 0 Å². The monoisotopic (exact) mass is 276 g/mol. The molecule has 0 aliphatic heterocycles. The molecule has 0 amide bonds. The number of allylic oxidation sites excluding steroid dienone is 2. The fourth-order valence-electron chi connectivity index (χ4n) is 3.30. The zero-order valence-corrected chi connectivity index (χ0v) is 12.3. The highest BCUT2D eigenvalue weighted by atomic mass is 16.1. The molecule has 1 aliphatic carbocycles. The predicted molar refractivity (Wildman–Crippen MR) is 87.0 cm³/mol. The summed E-state index contributed by atoms with van der Waals surface area (Å²) in [6.45, 7) is 2.11. The molecule has 1 heteroatoms. The van der Waals surface area contributed by atoms with Gasteiger partial charge in [-0.2, -0.15) is 0 Å². The zero-order chi connectivity index (χ0) is 14.7. The molecule has 106 valence electrons. The first-order valence-electron chi connectivity index (χ1n) is 7.64. The molecule has 21 heavy (non-hydrogen) atoms. The van der Waals surface area contributed by atoms with Crippen molar-refractivity contribution >= 4 is 11.4 Å². The van der Waals surface area contributed by atoms with E-state index in [9.17, 15) is 4.79 Å². The van der Waals surface area contributed by atoms with Crippen LogP contribution in [0.2, 0.25) is 0 Å². The lowest BCUT2D eigenvalue weighted by Crippen LogP contribution is -2.25. The van der Waals surface area contributed by atoms with Crippen LogP contribution in [-0.2, 0) is 4.79 Å². The van der Waals surface area contributed by atoms with Gasteiger partial charge >= 0.3 is 0 Å². The van der Waals surface area contributed by atoms with Gasteiger partial charge in [0.1, 0.15) is 0 Å². The highest BCUT2D eigenvalue weighted by Crippen LogP contribution is 2.40. The minimum Gasteiger partial charge on any atom is -0.295 e. The number of ketones is 1. The van der Waals surface area contributed by atoms with Gasteiger partial charge in [0.2, 0.25) is 0 Å². The number of hydrogen-bond donors (Lipinski definition) is 0. The van der Waals surface area contributed by atoms with Gasteiger partial charge in [-0.25, -0.2) is 0 Å². The summed E-state index contributed by atoms with van der Waals surface area (Å²) in [5.74, 6) is 0.681. The SMILES string of the molecule is CC[C@H]1C(=O)C=C(c2ccccc2)C[C@H]1c1ccccc1. The van der Waals surface area contributed by atoms with Crippen LogP contribution in [0.4, 0.5) is 0 Å². The van der Waals surface area contributed by atoms with Crippen LogP contribution in [0.1, 0.15) is 36.8 Å². The van der Waals surface area contributed by atoms with Gasteiger partial charge < -0.3 is 0 Å². The third kappa shape index (κ3) is 2.82. The Morgan fingerprint density at radius 1 is 0.952 bits per heavy atom. The fourth-order valence-corrected chi connectivity index (χ4v) is 3.30. The Kier molecular flexibility index (Phi) is 4.01. The molecule has 1 nitrogen and oxygen atoms in total. The second kappa shape index (κ2) is 6.09. The lowest BCUT2D eigenvalue weighted by atomic mass is 9.73. The summed E-state index contributed by atoms with van der Waals surface area (Å²) in [6, 6.07) is 20.7. The number of carbonyl (C=O) groups is 1. The number of carbonyl (C=O) groups excluding carboxylic acids is 1. The van der Waals surface area contributed by atoms with Crippen molar-refractivity contribution in [1.82, 2.24) is 0 Å². The van der Waals surface area contributed by atoms with Crippen LogP contribution in [-0.4, -0.2) is 5.78 Å². The van der Waals surface area contributed by atoms with Crippen molar-refractivity contribution in [1.29, 1.82) is 0 Å². The van der Waals surface area contributed by atoms with E-state index in [-0.39, 0.29) is 11.7 Å². The first kappa shape index (κ1) is 13.8. The van der Waals surface area contributed by atoms with Crippen molar-refractivity contribution in [3.05, 3.63) is 77.9 Å². The quantitative estimate of drug-likeness (QED) is 0.783. The third-order valence-electron chi connectivity index (χ3n) is 4.42. The molecular formula is C20H20O. The molecule has 0 bridgehead atoms. The van der Waals surface area contributed by atoms with E-state index in [1.54, 1.807) is 0 Å². The molecule has 0 saturated carbocycles. The van der Waals surface area contributed by atoms with E-state index in [0.29, 0.717) is 5.92 Å². The molecule has 0 fully saturated rings. The van der Waals surface area contributed by atoms with Crippen LogP contribution in [0.15, 0.2) is 66.7 Å². The molecule has 0 spiro atoms. The maximum atomic E-state index is 12.5. The summed E-state index contributed by atoms with van der Waals surface area (Å²) in [5.41, 5.74) is 3.61. The van der Waals surface area contributed by atoms with Crippen molar-refractivity contribution in [2.24, 2.45) is 5.92 Å². The number of rotatable bonds is 3. The van der Waals surface area contributed by atoms with E-state index in [4.69, 9.17) is 0 Å². The van der Waals surface area contributed by atoms with Crippen LogP contribution in [0.5, 0.6) is 0 Å². The molecule has 0 heterocycles. The Morgan fingerprint density at radius 3 is 2.19 bits per heavy atom. The van der Waals surface area contributed by atoms with Crippen molar-refractivity contribution in [3.63, 3.8) is 0 Å².